The van der Waals surface area contributed by atoms with Gasteiger partial charge in [0, 0.05) is 60.7 Å². The van der Waals surface area contributed by atoms with E-state index in [0.29, 0.717) is 0 Å². The summed E-state index contributed by atoms with van der Waals surface area (Å²) >= 11 is 0. The summed E-state index contributed by atoms with van der Waals surface area (Å²) in [6, 6.07) is 20.4. The van der Waals surface area contributed by atoms with Crippen LogP contribution in [0.1, 0.15) is 0 Å². The number of fused-ring (bicyclic) bond motifs is 8. The molecule has 0 amide bonds. The Bertz CT molecular complexity index is 1510. The molecular formula is C26H26Cl3IrN4O3S. The Balaban J connectivity index is 0. The van der Waals surface area contributed by atoms with Crippen LogP contribution in [-0.4, -0.2) is 61.1 Å². The monoisotopic (exact) mass is 772 g/mol. The van der Waals surface area contributed by atoms with Crippen molar-refractivity contribution in [2.24, 2.45) is 0 Å². The molecule has 38 heavy (non-hydrogen) atoms. The molecule has 7 nitrogen and oxygen atoms in total. The van der Waals surface area contributed by atoms with E-state index in [-0.39, 0.29) is 57.3 Å². The van der Waals surface area contributed by atoms with Gasteiger partial charge >= 0.3 is 20.1 Å². The average Bonchev–Trinajstić information content (AvgIpc) is 2.89. The molecule has 0 aliphatic heterocycles. The summed E-state index contributed by atoms with van der Waals surface area (Å²) in [5.74, 6) is 0. The minimum atomic E-state index is -0.611. The number of nitrogens with zero attached hydrogens (tertiary/aromatic N) is 4. The number of aromatic nitrogens is 4. The summed E-state index contributed by atoms with van der Waals surface area (Å²) in [4.78, 5) is 19.1. The largest absolute Gasteiger partial charge is 3.00 e. The topological polar surface area (TPSA) is 109 Å². The average molecular weight is 773 g/mol. The first-order valence-corrected chi connectivity index (χ1v) is 12.3. The summed E-state index contributed by atoms with van der Waals surface area (Å²) in [5.41, 5.74) is 5.26. The maximum atomic E-state index is 9.56. The first-order valence-electron chi connectivity index (χ1n) is 10.4. The molecule has 3 aromatic heterocycles. The van der Waals surface area contributed by atoms with E-state index in [1.165, 1.54) is 10.8 Å². The molecule has 12 heteroatoms. The van der Waals surface area contributed by atoms with Gasteiger partial charge in [-0.1, -0.05) is 24.3 Å². The number of aliphatic hydroxyl groups is 2. The normalized spacial score (nSPS) is 9.34. The van der Waals surface area contributed by atoms with Crippen LogP contribution in [0.3, 0.4) is 0 Å². The van der Waals surface area contributed by atoms with Crippen LogP contribution in [0.4, 0.5) is 0 Å². The van der Waals surface area contributed by atoms with Gasteiger partial charge in [-0.2, -0.15) is 0 Å². The predicted octanol–water partition coefficient (Wildman–Crippen LogP) is -4.75. The zero-order valence-corrected chi connectivity index (χ0v) is 26.4. The molecule has 3 heterocycles. The number of halogens is 3. The maximum Gasteiger partial charge on any atom is 3.00 e. The first-order chi connectivity index (χ1) is 16.6. The Hall–Kier alpha value is -2.07. The fraction of sp³-hybridized carbons (Fsp3) is 0.154. The molecule has 0 aliphatic rings. The number of hydrogen-bond acceptors (Lipinski definition) is 7. The Morgan fingerprint density at radius 1 is 0.605 bits per heavy atom. The molecule has 0 spiro atoms. The van der Waals surface area contributed by atoms with Gasteiger partial charge in [0.05, 0.1) is 33.1 Å². The van der Waals surface area contributed by atoms with Gasteiger partial charge in [0.15, 0.2) is 0 Å². The molecule has 0 saturated carbocycles. The number of benzene rings is 3. The zero-order valence-electron chi connectivity index (χ0n) is 20.9. The Morgan fingerprint density at radius 3 is 1.29 bits per heavy atom. The molecule has 0 saturated heterocycles. The molecular weight excluding hydrogens is 747 g/mol. The molecule has 6 rings (SSSR count). The summed E-state index contributed by atoms with van der Waals surface area (Å²) in [5, 5.41) is 18.3. The van der Waals surface area contributed by atoms with Crippen molar-refractivity contribution >= 4 is 65.4 Å². The van der Waals surface area contributed by atoms with Gasteiger partial charge < -0.3 is 47.4 Å². The van der Waals surface area contributed by atoms with Crippen LogP contribution in [-0.2, 0) is 30.9 Å². The Morgan fingerprint density at radius 2 is 0.947 bits per heavy atom. The fourth-order valence-corrected chi connectivity index (χ4v) is 3.69. The SMILES string of the molecule is CO.CO.CS(C)=O.[Cl-].[Cl-].[Cl-].[Ir+3].c1ccc2cc3nc4c5cccnc5c5ncccc5c4nc3cc2c1. The summed E-state index contributed by atoms with van der Waals surface area (Å²) in [6.07, 6.45) is 6.87. The van der Waals surface area contributed by atoms with Gasteiger partial charge in [-0.05, 0) is 47.2 Å². The Kier molecular flexibility index (Phi) is 18.3. The fourth-order valence-electron chi connectivity index (χ4n) is 3.69. The van der Waals surface area contributed by atoms with E-state index >= 15 is 0 Å². The molecule has 6 aromatic rings. The summed E-state index contributed by atoms with van der Waals surface area (Å²) < 4.78 is 9.56. The quantitative estimate of drug-likeness (QED) is 0.118. The van der Waals surface area contributed by atoms with E-state index in [0.717, 1.165) is 58.1 Å². The van der Waals surface area contributed by atoms with Crippen LogP contribution in [0.15, 0.2) is 73.1 Å². The van der Waals surface area contributed by atoms with Crippen molar-refractivity contribution in [3.63, 3.8) is 0 Å². The van der Waals surface area contributed by atoms with Crippen molar-refractivity contribution in [2.75, 3.05) is 26.7 Å². The van der Waals surface area contributed by atoms with Crippen LogP contribution in [0.2, 0.25) is 0 Å². The minimum Gasteiger partial charge on any atom is -1.00 e. The number of rotatable bonds is 0. The van der Waals surface area contributed by atoms with Crippen LogP contribution >= 0.6 is 0 Å². The van der Waals surface area contributed by atoms with Gasteiger partial charge in [-0.3, -0.25) is 14.2 Å². The van der Waals surface area contributed by atoms with Crippen molar-refractivity contribution in [1.82, 2.24) is 19.9 Å². The number of hydrogen-bond donors (Lipinski definition) is 2. The smallest absolute Gasteiger partial charge is 1.00 e. The maximum absolute atomic E-state index is 9.56. The van der Waals surface area contributed by atoms with Gasteiger partial charge in [0.25, 0.3) is 0 Å². The van der Waals surface area contributed by atoms with Crippen LogP contribution in [0.25, 0.3) is 54.6 Å². The second-order valence-corrected chi connectivity index (χ2v) is 8.63. The number of pyridine rings is 2. The first kappa shape index (κ1) is 38.1. The molecule has 0 radical (unpaired) electrons. The molecule has 0 unspecified atom stereocenters. The van der Waals surface area contributed by atoms with E-state index in [9.17, 15) is 4.21 Å². The van der Waals surface area contributed by atoms with Crippen LogP contribution < -0.4 is 37.2 Å². The van der Waals surface area contributed by atoms with Gasteiger partial charge in [-0.15, -0.1) is 0 Å². The third-order valence-corrected chi connectivity index (χ3v) is 4.88. The molecule has 0 bridgehead atoms. The second kappa shape index (κ2) is 18.3. The standard InChI is InChI=1S/C22H12N4.C2H6OS.2CH4O.3ClH.Ir/c1-2-6-14-12-18-17(11-13(14)5-1)25-21-15-7-3-9-23-19(15)20-16(22(21)26-18)8-4-10-24-20;1-4(2)3;2*1-2;;;;/h1-12H;1-2H3;2*2H,1H3;3*1H;/q;;;;;;;+3/p-3. The molecule has 204 valence electrons. The third-order valence-electron chi connectivity index (χ3n) is 4.88. The van der Waals surface area contributed by atoms with Crippen molar-refractivity contribution in [3.8, 4) is 0 Å². The molecule has 0 fully saturated rings. The van der Waals surface area contributed by atoms with Crippen LogP contribution in [0.5, 0.6) is 0 Å². The molecule has 2 N–H and O–H groups in total. The van der Waals surface area contributed by atoms with Gasteiger partial charge in [0.1, 0.15) is 0 Å². The summed E-state index contributed by atoms with van der Waals surface area (Å²) in [7, 11) is 1.39. The van der Waals surface area contributed by atoms with E-state index in [4.69, 9.17) is 20.2 Å². The van der Waals surface area contributed by atoms with E-state index in [1.54, 1.807) is 24.9 Å². The van der Waals surface area contributed by atoms with E-state index < -0.39 is 10.8 Å². The van der Waals surface area contributed by atoms with Crippen molar-refractivity contribution in [3.05, 3.63) is 73.1 Å². The van der Waals surface area contributed by atoms with Gasteiger partial charge in [-0.25, -0.2) is 9.97 Å². The molecule has 0 atom stereocenters. The molecule has 0 aliphatic carbocycles. The van der Waals surface area contributed by atoms with Gasteiger partial charge in [0.2, 0.25) is 0 Å². The number of aliphatic hydroxyl groups excluding tert-OH is 2. The second-order valence-electron chi connectivity index (χ2n) is 7.15. The predicted molar refractivity (Wildman–Crippen MR) is 141 cm³/mol. The Labute approximate surface area is 255 Å². The van der Waals surface area contributed by atoms with E-state index in [1.807, 2.05) is 36.4 Å². The van der Waals surface area contributed by atoms with Crippen molar-refractivity contribution in [2.45, 2.75) is 0 Å². The summed E-state index contributed by atoms with van der Waals surface area (Å²) in [6.45, 7) is 0. The minimum absolute atomic E-state index is 0. The van der Waals surface area contributed by atoms with Crippen molar-refractivity contribution in [1.29, 1.82) is 0 Å². The third kappa shape index (κ3) is 8.21. The van der Waals surface area contributed by atoms with Crippen LogP contribution in [0, 0.1) is 0 Å². The molecule has 3 aromatic carbocycles. The zero-order chi connectivity index (χ0) is 24.7. The van der Waals surface area contributed by atoms with E-state index in [2.05, 4.69) is 34.2 Å². The van der Waals surface area contributed by atoms with Crippen molar-refractivity contribution < 1.29 is 71.7 Å².